The summed E-state index contributed by atoms with van der Waals surface area (Å²) in [5.74, 6) is -0.512. The Labute approximate surface area is 213 Å². The van der Waals surface area contributed by atoms with Gasteiger partial charge in [0.1, 0.15) is 5.75 Å². The predicted molar refractivity (Wildman–Crippen MR) is 132 cm³/mol. The number of benzene rings is 2. The van der Waals surface area contributed by atoms with Crippen LogP contribution in [0.2, 0.25) is 5.02 Å². The minimum Gasteiger partial charge on any atom is -0.406 e. The first-order chi connectivity index (χ1) is 17.2. The first-order valence-corrected chi connectivity index (χ1v) is 12.2. The summed E-state index contributed by atoms with van der Waals surface area (Å²) in [4.78, 5) is 21.2. The molecule has 3 aromatic rings. The van der Waals surface area contributed by atoms with Crippen LogP contribution < -0.4 is 9.64 Å². The van der Waals surface area contributed by atoms with Crippen LogP contribution in [0.3, 0.4) is 0 Å². The zero-order valence-corrected chi connectivity index (χ0v) is 20.7. The maximum absolute atomic E-state index is 13.1. The molecule has 0 N–H and O–H groups in total. The fourth-order valence-electron chi connectivity index (χ4n) is 4.43. The van der Waals surface area contributed by atoms with Crippen LogP contribution >= 0.6 is 11.6 Å². The number of amides is 1. The third kappa shape index (κ3) is 6.79. The lowest BCUT2D eigenvalue weighted by Crippen LogP contribution is -2.56. The predicted octanol–water partition coefficient (Wildman–Crippen LogP) is 5.89. The minimum atomic E-state index is -4.79. The average Bonchev–Trinajstić information content (AvgIpc) is 3.25. The molecule has 1 fully saturated rings. The molecular weight excluding hydrogens is 493 g/mol. The van der Waals surface area contributed by atoms with E-state index < -0.39 is 6.36 Å². The first kappa shape index (κ1) is 26.0. The van der Waals surface area contributed by atoms with E-state index in [0.29, 0.717) is 30.3 Å². The van der Waals surface area contributed by atoms with Gasteiger partial charge in [-0.15, -0.1) is 13.2 Å². The van der Waals surface area contributed by atoms with E-state index >= 15 is 0 Å². The molecule has 1 aromatic heterocycles. The van der Waals surface area contributed by atoms with Gasteiger partial charge in [0.25, 0.3) is 0 Å². The van der Waals surface area contributed by atoms with E-state index in [9.17, 15) is 18.0 Å². The van der Waals surface area contributed by atoms with Gasteiger partial charge < -0.3 is 14.2 Å². The normalized spacial score (nSPS) is 17.0. The highest BCUT2D eigenvalue weighted by Crippen LogP contribution is 2.29. The van der Waals surface area contributed by atoms with Gasteiger partial charge in [-0.2, -0.15) is 0 Å². The molecule has 1 atom stereocenters. The number of unbranched alkanes of at least 4 members (excludes halogenated alkanes) is 1. The van der Waals surface area contributed by atoms with Gasteiger partial charge in [0.15, 0.2) is 0 Å². The van der Waals surface area contributed by atoms with Crippen LogP contribution in [0, 0.1) is 0 Å². The molecule has 6 nitrogen and oxygen atoms in total. The van der Waals surface area contributed by atoms with Gasteiger partial charge in [0.2, 0.25) is 5.91 Å². The summed E-state index contributed by atoms with van der Waals surface area (Å²) >= 11 is 6.00. The number of carbonyl (C=O) groups is 1. The third-order valence-electron chi connectivity index (χ3n) is 6.23. The number of carbonyl (C=O) groups excluding carboxylic acids is 1. The van der Waals surface area contributed by atoms with Crippen molar-refractivity contribution in [3.8, 4) is 5.75 Å². The Morgan fingerprint density at radius 1 is 1.14 bits per heavy atom. The number of aromatic nitrogens is 2. The standard InChI is InChI=1S/C26H28ClF3N4O2/c1-2-3-5-22-16-34(21-6-4-7-24(12-21)36-26(28,29)30)25(35)17-32(22)15-23-13-31-18-33(23)14-19-8-10-20(27)11-9-19/h4,6-13,18,22H,2-3,5,14-17H2,1H3/t22-/m0/s1. The van der Waals surface area contributed by atoms with E-state index in [-0.39, 0.29) is 24.2 Å². The summed E-state index contributed by atoms with van der Waals surface area (Å²) < 4.78 is 44.2. The smallest absolute Gasteiger partial charge is 0.406 e. The number of hydrogen-bond donors (Lipinski definition) is 0. The summed E-state index contributed by atoms with van der Waals surface area (Å²) in [7, 11) is 0. The van der Waals surface area contributed by atoms with Crippen molar-refractivity contribution < 1.29 is 22.7 Å². The molecule has 1 aliphatic heterocycles. The van der Waals surface area contributed by atoms with Crippen LogP contribution in [0.25, 0.3) is 0 Å². The van der Waals surface area contributed by atoms with Crippen LogP contribution in [-0.2, 0) is 17.9 Å². The Kier molecular flexibility index (Phi) is 8.21. The minimum absolute atomic E-state index is 0.0497. The maximum atomic E-state index is 13.1. The first-order valence-electron chi connectivity index (χ1n) is 11.9. The second-order valence-electron chi connectivity index (χ2n) is 8.89. The van der Waals surface area contributed by atoms with Gasteiger partial charge >= 0.3 is 6.36 Å². The van der Waals surface area contributed by atoms with Gasteiger partial charge in [-0.3, -0.25) is 9.69 Å². The lowest BCUT2D eigenvalue weighted by Gasteiger charge is -2.41. The average molecular weight is 521 g/mol. The Hall–Kier alpha value is -3.04. The zero-order chi connectivity index (χ0) is 25.7. The Morgan fingerprint density at radius 3 is 2.64 bits per heavy atom. The molecule has 192 valence electrons. The van der Waals surface area contributed by atoms with E-state index in [0.717, 1.165) is 30.5 Å². The summed E-state index contributed by atoms with van der Waals surface area (Å²) in [6, 6.07) is 13.3. The molecule has 2 aromatic carbocycles. The van der Waals surface area contributed by atoms with Crippen LogP contribution in [0.4, 0.5) is 18.9 Å². The van der Waals surface area contributed by atoms with Crippen molar-refractivity contribution >= 4 is 23.2 Å². The number of imidazole rings is 1. The second-order valence-corrected chi connectivity index (χ2v) is 9.33. The van der Waals surface area contributed by atoms with Crippen molar-refractivity contribution in [1.82, 2.24) is 14.5 Å². The number of hydrogen-bond acceptors (Lipinski definition) is 4. The molecule has 0 bridgehead atoms. The number of nitrogens with zero attached hydrogens (tertiary/aromatic N) is 4. The fourth-order valence-corrected chi connectivity index (χ4v) is 4.56. The molecule has 10 heteroatoms. The monoisotopic (exact) mass is 520 g/mol. The van der Waals surface area contributed by atoms with Crippen LogP contribution in [0.1, 0.15) is 37.4 Å². The van der Waals surface area contributed by atoms with Gasteiger partial charge in [0, 0.05) is 48.6 Å². The van der Waals surface area contributed by atoms with E-state index in [1.807, 2.05) is 30.5 Å². The zero-order valence-electron chi connectivity index (χ0n) is 19.9. The van der Waals surface area contributed by atoms with E-state index in [2.05, 4.69) is 26.1 Å². The SMILES string of the molecule is CCCC[C@H]1CN(c2cccc(OC(F)(F)F)c2)C(=O)CN1Cc1cncn1Cc1ccc(Cl)cc1. The quantitative estimate of drug-likeness (QED) is 0.353. The third-order valence-corrected chi connectivity index (χ3v) is 6.48. The molecule has 0 spiro atoms. The van der Waals surface area contributed by atoms with Crippen LogP contribution in [0.5, 0.6) is 5.75 Å². The number of ether oxygens (including phenoxy) is 1. The molecule has 2 heterocycles. The van der Waals surface area contributed by atoms with Gasteiger partial charge in [-0.05, 0) is 36.2 Å². The van der Waals surface area contributed by atoms with Crippen molar-refractivity contribution in [3.05, 3.63) is 77.3 Å². The molecule has 0 radical (unpaired) electrons. The maximum Gasteiger partial charge on any atom is 0.573 e. The van der Waals surface area contributed by atoms with Crippen molar-refractivity contribution in [2.75, 3.05) is 18.0 Å². The Balaban J connectivity index is 1.50. The Bertz CT molecular complexity index is 1170. The lowest BCUT2D eigenvalue weighted by atomic mass is 10.0. The summed E-state index contributed by atoms with van der Waals surface area (Å²) in [6.07, 6.45) is 1.63. The number of anilines is 1. The molecule has 0 saturated carbocycles. The van der Waals surface area contributed by atoms with E-state index in [4.69, 9.17) is 11.6 Å². The highest BCUT2D eigenvalue weighted by atomic mass is 35.5. The molecule has 1 saturated heterocycles. The fraction of sp³-hybridized carbons (Fsp3) is 0.385. The Morgan fingerprint density at radius 2 is 1.92 bits per heavy atom. The van der Waals surface area contributed by atoms with Crippen molar-refractivity contribution in [2.45, 2.75) is 51.7 Å². The molecule has 36 heavy (non-hydrogen) atoms. The molecule has 0 aliphatic carbocycles. The van der Waals surface area contributed by atoms with Gasteiger partial charge in [-0.1, -0.05) is 49.6 Å². The highest BCUT2D eigenvalue weighted by molar-refractivity contribution is 6.30. The van der Waals surface area contributed by atoms with Crippen LogP contribution in [0.15, 0.2) is 61.1 Å². The highest BCUT2D eigenvalue weighted by Gasteiger charge is 2.34. The number of alkyl halides is 3. The van der Waals surface area contributed by atoms with E-state index in [1.165, 1.54) is 18.2 Å². The molecule has 1 amide bonds. The summed E-state index contributed by atoms with van der Waals surface area (Å²) in [5, 5.41) is 0.676. The molecule has 0 unspecified atom stereocenters. The van der Waals surface area contributed by atoms with Crippen molar-refractivity contribution in [2.24, 2.45) is 0 Å². The van der Waals surface area contributed by atoms with Crippen LogP contribution in [-0.4, -0.2) is 45.9 Å². The summed E-state index contributed by atoms with van der Waals surface area (Å²) in [6.45, 7) is 3.82. The number of halogens is 4. The number of piperazine rings is 1. The van der Waals surface area contributed by atoms with Gasteiger partial charge in [-0.25, -0.2) is 4.98 Å². The number of rotatable bonds is 9. The largest absolute Gasteiger partial charge is 0.573 e. The van der Waals surface area contributed by atoms with Crippen molar-refractivity contribution in [3.63, 3.8) is 0 Å². The molecular formula is C26H28ClF3N4O2. The van der Waals surface area contributed by atoms with Crippen molar-refractivity contribution in [1.29, 1.82) is 0 Å². The lowest BCUT2D eigenvalue weighted by molar-refractivity contribution is -0.274. The molecule has 4 rings (SSSR count). The molecule has 1 aliphatic rings. The summed E-state index contributed by atoms with van der Waals surface area (Å²) in [5.41, 5.74) is 2.46. The topological polar surface area (TPSA) is 50.6 Å². The van der Waals surface area contributed by atoms with E-state index in [1.54, 1.807) is 17.3 Å². The van der Waals surface area contributed by atoms with Gasteiger partial charge in [0.05, 0.1) is 18.6 Å². The second kappa shape index (κ2) is 11.3.